The van der Waals surface area contributed by atoms with Crippen LogP contribution in [0.2, 0.25) is 0 Å². The van der Waals surface area contributed by atoms with Gasteiger partial charge in [-0.2, -0.15) is 13.2 Å². The molecule has 41 heavy (non-hydrogen) atoms. The summed E-state index contributed by atoms with van der Waals surface area (Å²) in [6, 6.07) is 16.0. The second-order valence-electron chi connectivity index (χ2n) is 9.66. The second-order valence-corrected chi connectivity index (χ2v) is 9.66. The molecule has 0 aliphatic carbocycles. The molecule has 0 aromatic heterocycles. The van der Waals surface area contributed by atoms with Crippen molar-refractivity contribution in [3.05, 3.63) is 83.4 Å². The van der Waals surface area contributed by atoms with Gasteiger partial charge in [-0.1, -0.05) is 36.4 Å². The van der Waals surface area contributed by atoms with Gasteiger partial charge in [0.1, 0.15) is 17.5 Å². The molecule has 3 aromatic carbocycles. The zero-order valence-electron chi connectivity index (χ0n) is 23.7. The van der Waals surface area contributed by atoms with Gasteiger partial charge < -0.3 is 25.0 Å². The summed E-state index contributed by atoms with van der Waals surface area (Å²) in [5, 5.41) is 5.69. The molecule has 0 saturated carbocycles. The molecule has 0 radical (unpaired) electrons. The van der Waals surface area contributed by atoms with Crippen molar-refractivity contribution in [2.75, 3.05) is 40.4 Å². The highest BCUT2D eigenvalue weighted by molar-refractivity contribution is 5.98. The Labute approximate surface area is 238 Å². The van der Waals surface area contributed by atoms with Crippen molar-refractivity contribution in [3.63, 3.8) is 0 Å². The zero-order chi connectivity index (χ0) is 30.0. The third kappa shape index (κ3) is 9.53. The Hall–Kier alpha value is -4.05. The quantitative estimate of drug-likeness (QED) is 0.295. The standard InChI is InChI=1S/C31H36F3N3O4/c1-5-40-26-18-24(19-27(20-26)41-6-2)29(38)36-28(30(39)35-14-15-37(3)4)16-21-10-12-22(13-11-21)23-8-7-9-25(17-23)31(32,33)34/h7-13,17-20,28H,5-6,14-16H2,1-4H3,(H,35,39)(H,36,38). The first-order valence-corrected chi connectivity index (χ1v) is 13.4. The molecule has 0 spiro atoms. The topological polar surface area (TPSA) is 79.9 Å². The molecule has 3 aromatic rings. The van der Waals surface area contributed by atoms with Crippen LogP contribution in [0, 0.1) is 0 Å². The van der Waals surface area contributed by atoms with Crippen molar-refractivity contribution in [3.8, 4) is 22.6 Å². The second kappa shape index (κ2) is 14.5. The highest BCUT2D eigenvalue weighted by atomic mass is 19.4. The Kier molecular flexibility index (Phi) is 11.2. The predicted octanol–water partition coefficient (Wildman–Crippen LogP) is 5.19. The van der Waals surface area contributed by atoms with Crippen LogP contribution in [0.4, 0.5) is 13.2 Å². The van der Waals surface area contributed by atoms with Crippen LogP contribution >= 0.6 is 0 Å². The van der Waals surface area contributed by atoms with E-state index < -0.39 is 23.7 Å². The van der Waals surface area contributed by atoms with E-state index in [0.717, 1.165) is 17.7 Å². The summed E-state index contributed by atoms with van der Waals surface area (Å²) in [5.41, 5.74) is 1.32. The third-order valence-corrected chi connectivity index (χ3v) is 6.16. The first-order valence-electron chi connectivity index (χ1n) is 13.4. The third-order valence-electron chi connectivity index (χ3n) is 6.16. The summed E-state index contributed by atoms with van der Waals surface area (Å²) >= 11 is 0. The fraction of sp³-hybridized carbons (Fsp3) is 0.355. The molecular formula is C31H36F3N3O4. The maximum absolute atomic E-state index is 13.3. The molecule has 7 nitrogen and oxygen atoms in total. The summed E-state index contributed by atoms with van der Waals surface area (Å²) in [4.78, 5) is 28.4. The van der Waals surface area contributed by atoms with Crippen molar-refractivity contribution >= 4 is 11.8 Å². The van der Waals surface area contributed by atoms with Gasteiger partial charge in [0.15, 0.2) is 0 Å². The van der Waals surface area contributed by atoms with Gasteiger partial charge in [0.25, 0.3) is 5.91 Å². The van der Waals surface area contributed by atoms with Gasteiger partial charge in [-0.05, 0) is 68.9 Å². The number of ether oxygens (including phenoxy) is 2. The molecule has 1 atom stereocenters. The number of carbonyl (C=O) groups excluding carboxylic acids is 2. The molecule has 0 aliphatic rings. The number of halogens is 3. The number of nitrogens with one attached hydrogen (secondary N) is 2. The number of alkyl halides is 3. The minimum atomic E-state index is -4.44. The lowest BCUT2D eigenvalue weighted by Gasteiger charge is -2.20. The van der Waals surface area contributed by atoms with Crippen LogP contribution in [-0.4, -0.2) is 63.2 Å². The van der Waals surface area contributed by atoms with Crippen LogP contribution in [0.1, 0.15) is 35.3 Å². The van der Waals surface area contributed by atoms with Gasteiger partial charge in [-0.15, -0.1) is 0 Å². The van der Waals surface area contributed by atoms with Gasteiger partial charge in [-0.25, -0.2) is 0 Å². The SMILES string of the molecule is CCOc1cc(OCC)cc(C(=O)NC(Cc2ccc(-c3cccc(C(F)(F)F)c3)cc2)C(=O)NCCN(C)C)c1. The highest BCUT2D eigenvalue weighted by Crippen LogP contribution is 2.32. The molecule has 0 fully saturated rings. The van der Waals surface area contributed by atoms with E-state index >= 15 is 0 Å². The Balaban J connectivity index is 1.82. The van der Waals surface area contributed by atoms with E-state index in [1.807, 2.05) is 32.8 Å². The summed E-state index contributed by atoms with van der Waals surface area (Å²) in [7, 11) is 3.78. The summed E-state index contributed by atoms with van der Waals surface area (Å²) in [6.45, 7) is 5.49. The van der Waals surface area contributed by atoms with Crippen LogP contribution in [-0.2, 0) is 17.4 Å². The fourth-order valence-corrected chi connectivity index (χ4v) is 4.12. The summed E-state index contributed by atoms with van der Waals surface area (Å²) in [5.74, 6) is 0.121. The normalized spacial score (nSPS) is 12.1. The van der Waals surface area contributed by atoms with Crippen LogP contribution in [0.5, 0.6) is 11.5 Å². The lowest BCUT2D eigenvalue weighted by Crippen LogP contribution is -2.49. The Bertz CT molecular complexity index is 1290. The van der Waals surface area contributed by atoms with Crippen molar-refractivity contribution in [2.24, 2.45) is 0 Å². The number of carbonyl (C=O) groups is 2. The first kappa shape index (κ1) is 31.5. The Morgan fingerprint density at radius 1 is 0.878 bits per heavy atom. The van der Waals surface area contributed by atoms with Crippen molar-refractivity contribution in [2.45, 2.75) is 32.5 Å². The fourth-order valence-electron chi connectivity index (χ4n) is 4.12. The predicted molar refractivity (Wildman–Crippen MR) is 152 cm³/mol. The summed E-state index contributed by atoms with van der Waals surface area (Å²) < 4.78 is 50.6. The molecule has 0 aliphatic heterocycles. The number of amides is 2. The zero-order valence-corrected chi connectivity index (χ0v) is 23.7. The molecule has 2 amide bonds. The molecule has 1 unspecified atom stereocenters. The number of nitrogens with zero attached hydrogens (tertiary/aromatic N) is 1. The maximum atomic E-state index is 13.3. The average Bonchev–Trinajstić information content (AvgIpc) is 2.92. The van der Waals surface area contributed by atoms with E-state index in [1.54, 1.807) is 48.5 Å². The van der Waals surface area contributed by atoms with Gasteiger partial charge in [-0.3, -0.25) is 9.59 Å². The van der Waals surface area contributed by atoms with Gasteiger partial charge in [0.2, 0.25) is 5.91 Å². The van der Waals surface area contributed by atoms with E-state index in [2.05, 4.69) is 10.6 Å². The van der Waals surface area contributed by atoms with E-state index in [-0.39, 0.29) is 17.9 Å². The summed E-state index contributed by atoms with van der Waals surface area (Å²) in [6.07, 6.45) is -4.27. The van der Waals surface area contributed by atoms with E-state index in [4.69, 9.17) is 9.47 Å². The van der Waals surface area contributed by atoms with Gasteiger partial charge >= 0.3 is 6.18 Å². The van der Waals surface area contributed by atoms with Crippen LogP contribution in [0.15, 0.2) is 66.7 Å². The van der Waals surface area contributed by atoms with Crippen LogP contribution < -0.4 is 20.1 Å². The molecule has 10 heteroatoms. The number of likely N-dealkylation sites (N-methyl/N-ethyl adjacent to an activating group) is 1. The molecule has 0 bridgehead atoms. The minimum Gasteiger partial charge on any atom is -0.494 e. The van der Waals surface area contributed by atoms with Crippen molar-refractivity contribution < 1.29 is 32.2 Å². The van der Waals surface area contributed by atoms with Gasteiger partial charge in [0.05, 0.1) is 18.8 Å². The number of benzene rings is 3. The molecule has 0 saturated heterocycles. The Morgan fingerprint density at radius 2 is 1.51 bits per heavy atom. The van der Waals surface area contributed by atoms with E-state index in [0.29, 0.717) is 48.9 Å². The molecule has 3 rings (SSSR count). The van der Waals surface area contributed by atoms with Crippen LogP contribution in [0.25, 0.3) is 11.1 Å². The Morgan fingerprint density at radius 3 is 2.07 bits per heavy atom. The largest absolute Gasteiger partial charge is 0.494 e. The molecule has 2 N–H and O–H groups in total. The maximum Gasteiger partial charge on any atom is 0.416 e. The minimum absolute atomic E-state index is 0.172. The number of hydrogen-bond acceptors (Lipinski definition) is 5. The highest BCUT2D eigenvalue weighted by Gasteiger charge is 2.30. The number of rotatable bonds is 13. The van der Waals surface area contributed by atoms with Crippen LogP contribution in [0.3, 0.4) is 0 Å². The van der Waals surface area contributed by atoms with Crippen molar-refractivity contribution in [1.29, 1.82) is 0 Å². The monoisotopic (exact) mass is 571 g/mol. The van der Waals surface area contributed by atoms with E-state index in [9.17, 15) is 22.8 Å². The lowest BCUT2D eigenvalue weighted by atomic mass is 9.99. The molecule has 220 valence electrons. The first-order chi connectivity index (χ1) is 19.5. The average molecular weight is 572 g/mol. The molecular weight excluding hydrogens is 535 g/mol. The number of hydrogen-bond donors (Lipinski definition) is 2. The smallest absolute Gasteiger partial charge is 0.416 e. The molecule has 0 heterocycles. The van der Waals surface area contributed by atoms with Crippen molar-refractivity contribution in [1.82, 2.24) is 15.5 Å². The van der Waals surface area contributed by atoms with E-state index in [1.165, 1.54) is 6.07 Å². The lowest BCUT2D eigenvalue weighted by molar-refractivity contribution is -0.137. The van der Waals surface area contributed by atoms with Gasteiger partial charge in [0, 0.05) is 31.1 Å².